The maximum atomic E-state index is 12.6. The van der Waals surface area contributed by atoms with Crippen molar-refractivity contribution in [3.8, 4) is 0 Å². The number of ether oxygens (including phenoxy) is 4. The molecule has 40 heavy (non-hydrogen) atoms. The molecule has 3 rings (SSSR count). The van der Waals surface area contributed by atoms with E-state index in [-0.39, 0.29) is 42.3 Å². The topological polar surface area (TPSA) is 124 Å². The molecule has 224 valence electrons. The summed E-state index contributed by atoms with van der Waals surface area (Å²) in [5.41, 5.74) is 0.388. The van der Waals surface area contributed by atoms with Crippen LogP contribution in [0.1, 0.15) is 60.8 Å². The number of hydrogen-bond donors (Lipinski definition) is 2. The van der Waals surface area contributed by atoms with E-state index in [1.807, 2.05) is 33.8 Å². The van der Waals surface area contributed by atoms with Crippen LogP contribution in [0.25, 0.3) is 0 Å². The van der Waals surface area contributed by atoms with Crippen molar-refractivity contribution >= 4 is 17.8 Å². The lowest BCUT2D eigenvalue weighted by Crippen LogP contribution is -2.50. The summed E-state index contributed by atoms with van der Waals surface area (Å²) in [6, 6.07) is -0.134. The van der Waals surface area contributed by atoms with Gasteiger partial charge in [0.25, 0.3) is 0 Å². The summed E-state index contributed by atoms with van der Waals surface area (Å²) in [7, 11) is 0. The molecule has 3 aliphatic heterocycles. The first kappa shape index (κ1) is 32.0. The van der Waals surface area contributed by atoms with E-state index < -0.39 is 30.0 Å². The number of hydrogen-bond acceptors (Lipinski definition) is 8. The number of carbonyl (C=O) groups is 3. The summed E-state index contributed by atoms with van der Waals surface area (Å²) in [6.45, 7) is 13.4. The van der Waals surface area contributed by atoms with Gasteiger partial charge in [0.05, 0.1) is 37.1 Å². The average Bonchev–Trinajstić information content (AvgIpc) is 2.90. The van der Waals surface area contributed by atoms with Gasteiger partial charge in [-0.3, -0.25) is 9.59 Å². The lowest BCUT2D eigenvalue weighted by Gasteiger charge is -2.39. The Labute approximate surface area is 237 Å². The highest BCUT2D eigenvalue weighted by Crippen LogP contribution is 2.29. The van der Waals surface area contributed by atoms with Crippen molar-refractivity contribution in [3.05, 3.63) is 36.0 Å². The molecule has 3 fully saturated rings. The van der Waals surface area contributed by atoms with E-state index in [9.17, 15) is 19.5 Å². The van der Waals surface area contributed by atoms with E-state index in [1.54, 1.807) is 24.0 Å². The number of nitrogens with zero attached hydrogens (tertiary/aromatic N) is 1. The van der Waals surface area contributed by atoms with Gasteiger partial charge in [-0.1, -0.05) is 30.7 Å². The highest BCUT2D eigenvalue weighted by molar-refractivity contribution is 5.88. The van der Waals surface area contributed by atoms with Gasteiger partial charge < -0.3 is 34.3 Å². The number of ketones is 1. The first-order valence-electron chi connectivity index (χ1n) is 14.3. The third kappa shape index (κ3) is 9.54. The SMILES string of the molecule is CC(C=C[C@H]1OC(C)(C)CC(=O)[C@@H]1O)=CC[C@@H]1O[C@H](C)[C@H](NC(=O)C=C[C@H](C)OC(=O)N2CCOCC2)C[C@@H]1C. The smallest absolute Gasteiger partial charge is 0.410 e. The highest BCUT2D eigenvalue weighted by Gasteiger charge is 2.39. The van der Waals surface area contributed by atoms with E-state index >= 15 is 0 Å². The van der Waals surface area contributed by atoms with Gasteiger partial charge in [0, 0.05) is 25.6 Å². The quantitative estimate of drug-likeness (QED) is 0.342. The normalized spacial score (nSPS) is 32.3. The van der Waals surface area contributed by atoms with Crippen LogP contribution in [0.15, 0.2) is 36.0 Å². The number of rotatable bonds is 8. The second kappa shape index (κ2) is 14.4. The maximum absolute atomic E-state index is 12.6. The zero-order valence-corrected chi connectivity index (χ0v) is 24.6. The van der Waals surface area contributed by atoms with Crippen LogP contribution in [0, 0.1) is 5.92 Å². The molecule has 0 saturated carbocycles. The van der Waals surface area contributed by atoms with Crippen LogP contribution in [0.3, 0.4) is 0 Å². The molecule has 0 radical (unpaired) electrons. The van der Waals surface area contributed by atoms with E-state index in [0.29, 0.717) is 32.7 Å². The molecule has 0 unspecified atom stereocenters. The zero-order chi connectivity index (χ0) is 29.4. The molecule has 7 atom stereocenters. The maximum Gasteiger partial charge on any atom is 0.410 e. The Morgan fingerprint density at radius 1 is 1.23 bits per heavy atom. The number of allylic oxidation sites excluding steroid dienone is 2. The molecule has 0 bridgehead atoms. The van der Waals surface area contributed by atoms with Gasteiger partial charge in [0.2, 0.25) is 5.91 Å². The third-order valence-electron chi connectivity index (χ3n) is 7.54. The number of aliphatic hydroxyl groups is 1. The molecule has 3 saturated heterocycles. The molecule has 0 aliphatic carbocycles. The minimum absolute atomic E-state index is 0.00121. The summed E-state index contributed by atoms with van der Waals surface area (Å²) >= 11 is 0. The van der Waals surface area contributed by atoms with Crippen molar-refractivity contribution in [1.29, 1.82) is 0 Å². The monoisotopic (exact) mass is 562 g/mol. The van der Waals surface area contributed by atoms with Crippen LogP contribution in [0.4, 0.5) is 4.79 Å². The highest BCUT2D eigenvalue weighted by atomic mass is 16.6. The molecule has 10 heteroatoms. The summed E-state index contributed by atoms with van der Waals surface area (Å²) in [5, 5.41) is 13.2. The van der Waals surface area contributed by atoms with Crippen LogP contribution >= 0.6 is 0 Å². The molecule has 3 aliphatic rings. The van der Waals surface area contributed by atoms with Crippen LogP contribution in [-0.2, 0) is 28.5 Å². The fourth-order valence-corrected chi connectivity index (χ4v) is 5.13. The van der Waals surface area contributed by atoms with Crippen LogP contribution < -0.4 is 5.32 Å². The van der Waals surface area contributed by atoms with Crippen LogP contribution in [-0.4, -0.2) is 96.3 Å². The Morgan fingerprint density at radius 2 is 1.93 bits per heavy atom. The molecule has 2 N–H and O–H groups in total. The summed E-state index contributed by atoms with van der Waals surface area (Å²) in [6.07, 6.45) is 7.42. The molecule has 0 aromatic carbocycles. The first-order valence-corrected chi connectivity index (χ1v) is 14.3. The van der Waals surface area contributed by atoms with Crippen molar-refractivity contribution in [2.24, 2.45) is 5.92 Å². The van der Waals surface area contributed by atoms with Gasteiger partial charge in [-0.2, -0.15) is 0 Å². The van der Waals surface area contributed by atoms with Crippen molar-refractivity contribution in [1.82, 2.24) is 10.2 Å². The predicted molar refractivity (Wildman–Crippen MR) is 150 cm³/mol. The second-order valence-electron chi connectivity index (χ2n) is 11.7. The van der Waals surface area contributed by atoms with Gasteiger partial charge >= 0.3 is 6.09 Å². The summed E-state index contributed by atoms with van der Waals surface area (Å²) in [5.74, 6) is -0.242. The summed E-state index contributed by atoms with van der Waals surface area (Å²) < 4.78 is 22.8. The lowest BCUT2D eigenvalue weighted by molar-refractivity contribution is -0.165. The Hall–Kier alpha value is -2.53. The van der Waals surface area contributed by atoms with Gasteiger partial charge in [-0.15, -0.1) is 0 Å². The van der Waals surface area contributed by atoms with Gasteiger partial charge in [0.15, 0.2) is 5.78 Å². The average molecular weight is 563 g/mol. The molecular weight excluding hydrogens is 516 g/mol. The Balaban J connectivity index is 1.44. The van der Waals surface area contributed by atoms with Crippen molar-refractivity contribution in [2.75, 3.05) is 26.3 Å². The van der Waals surface area contributed by atoms with Crippen molar-refractivity contribution in [2.45, 2.75) is 103 Å². The third-order valence-corrected chi connectivity index (χ3v) is 7.54. The second-order valence-corrected chi connectivity index (χ2v) is 11.7. The van der Waals surface area contributed by atoms with Gasteiger partial charge in [-0.25, -0.2) is 4.79 Å². The fraction of sp³-hybridized carbons (Fsp3) is 0.700. The molecule has 0 aromatic heterocycles. The standard InChI is InChI=1S/C30H46N2O8/c1-19(8-11-26-28(35)24(33)18-30(5,6)40-26)7-10-25-20(2)17-23(22(4)39-25)31-27(34)12-9-21(3)38-29(36)32-13-15-37-16-14-32/h7-9,11-12,20-23,25-26,28,35H,10,13-18H2,1-6H3,(H,31,34)/t20-,21-,22+,23+,25-,26+,28-/m0/s1. The predicted octanol–water partition coefficient (Wildman–Crippen LogP) is 3.09. The van der Waals surface area contributed by atoms with Crippen molar-refractivity contribution in [3.63, 3.8) is 0 Å². The van der Waals surface area contributed by atoms with E-state index in [0.717, 1.165) is 12.0 Å². The number of aliphatic hydroxyl groups excluding tert-OH is 1. The number of amides is 2. The molecule has 0 spiro atoms. The minimum atomic E-state index is -1.14. The first-order chi connectivity index (χ1) is 18.8. The molecule has 3 heterocycles. The van der Waals surface area contributed by atoms with Crippen LogP contribution in [0.2, 0.25) is 0 Å². The largest absolute Gasteiger partial charge is 0.442 e. The minimum Gasteiger partial charge on any atom is -0.442 e. The summed E-state index contributed by atoms with van der Waals surface area (Å²) in [4.78, 5) is 38.4. The fourth-order valence-electron chi connectivity index (χ4n) is 5.13. The Morgan fingerprint density at radius 3 is 2.62 bits per heavy atom. The number of nitrogens with one attached hydrogen (secondary N) is 1. The Bertz CT molecular complexity index is 984. The van der Waals surface area contributed by atoms with Gasteiger partial charge in [0.1, 0.15) is 18.3 Å². The Kier molecular flexibility index (Phi) is 11.5. The number of morpholine rings is 1. The van der Waals surface area contributed by atoms with E-state index in [2.05, 4.69) is 18.3 Å². The van der Waals surface area contributed by atoms with Crippen LogP contribution in [0.5, 0.6) is 0 Å². The molecule has 2 amide bonds. The zero-order valence-electron chi connectivity index (χ0n) is 24.6. The number of Topliss-reactive ketones (excluding diaryl/α,β-unsaturated/α-hetero) is 1. The lowest BCUT2D eigenvalue weighted by atomic mass is 9.88. The van der Waals surface area contributed by atoms with Crippen molar-refractivity contribution < 1.29 is 38.4 Å². The molecule has 10 nitrogen and oxygen atoms in total. The molecular formula is C30H46N2O8. The van der Waals surface area contributed by atoms with E-state index in [4.69, 9.17) is 18.9 Å². The van der Waals surface area contributed by atoms with Gasteiger partial charge in [-0.05, 0) is 59.5 Å². The van der Waals surface area contributed by atoms with E-state index in [1.165, 1.54) is 6.08 Å². The number of carbonyl (C=O) groups excluding carboxylic acids is 3. The molecule has 0 aromatic rings.